The fourth-order valence-corrected chi connectivity index (χ4v) is 0.600. The molecule has 0 saturated heterocycles. The Bertz CT molecular complexity index is 141. The van der Waals surface area contributed by atoms with Gasteiger partial charge in [0.2, 0.25) is 0 Å². The molecule has 0 heterocycles. The van der Waals surface area contributed by atoms with Crippen molar-refractivity contribution in [2.24, 2.45) is 0 Å². The molecule has 0 nitrogen and oxygen atoms in total. The van der Waals surface area contributed by atoms with Crippen molar-refractivity contribution in [1.82, 2.24) is 0 Å². The van der Waals surface area contributed by atoms with Gasteiger partial charge in [0.05, 0.1) is 0 Å². The van der Waals surface area contributed by atoms with Crippen LogP contribution >= 0.6 is 26.1 Å². The summed E-state index contributed by atoms with van der Waals surface area (Å²) in [4.78, 5) is 1.02. The van der Waals surface area contributed by atoms with Crippen molar-refractivity contribution in [3.8, 4) is 0 Å². The first-order valence-electron chi connectivity index (χ1n) is 2.13. The molecule has 1 rings (SSSR count). The van der Waals surface area contributed by atoms with Crippen molar-refractivity contribution in [2.45, 2.75) is 4.90 Å². The van der Waals surface area contributed by atoms with Crippen LogP contribution in [0.2, 0.25) is 0 Å². The number of benzene rings is 1. The second kappa shape index (κ2) is 6.66. The standard InChI is InChI=1S/C6H6S.H2S.Zn/c7-6-4-2-1-3-5-6;;/h1-5,7H;1H2;. The molecule has 1 aromatic rings. The monoisotopic (exact) mass is 208 g/mol. The molecule has 3 heteroatoms. The molecular weight excluding hydrogens is 202 g/mol. The molecule has 0 aliphatic carbocycles. The molecule has 0 amide bonds. The van der Waals surface area contributed by atoms with Gasteiger partial charge in [-0.05, 0) is 12.1 Å². The Morgan fingerprint density at radius 2 is 1.44 bits per heavy atom. The summed E-state index contributed by atoms with van der Waals surface area (Å²) in [6.07, 6.45) is 0. The van der Waals surface area contributed by atoms with Crippen LogP contribution in [0.4, 0.5) is 0 Å². The van der Waals surface area contributed by atoms with E-state index in [1.807, 2.05) is 30.3 Å². The van der Waals surface area contributed by atoms with Gasteiger partial charge in [0.15, 0.2) is 0 Å². The molecule has 0 radical (unpaired) electrons. The fraction of sp³-hybridized carbons (Fsp3) is 0. The van der Waals surface area contributed by atoms with Crippen molar-refractivity contribution in [3.05, 3.63) is 30.3 Å². The summed E-state index contributed by atoms with van der Waals surface area (Å²) in [6.45, 7) is 0. The molecule has 0 saturated carbocycles. The Morgan fingerprint density at radius 3 is 1.67 bits per heavy atom. The minimum atomic E-state index is 0. The number of thiol groups is 1. The van der Waals surface area contributed by atoms with Crippen LogP contribution in [-0.4, -0.2) is 0 Å². The first-order valence-corrected chi connectivity index (χ1v) is 2.58. The SMILES string of the molecule is S.Sc1ccccc1.[Zn]. The summed E-state index contributed by atoms with van der Waals surface area (Å²) in [5.74, 6) is 0. The van der Waals surface area contributed by atoms with Crippen LogP contribution in [0.1, 0.15) is 0 Å². The zero-order chi connectivity index (χ0) is 5.11. The number of hydrogen-bond donors (Lipinski definition) is 1. The predicted molar refractivity (Wildman–Crippen MR) is 44.1 cm³/mol. The van der Waals surface area contributed by atoms with Gasteiger partial charge < -0.3 is 0 Å². The molecule has 9 heavy (non-hydrogen) atoms. The summed E-state index contributed by atoms with van der Waals surface area (Å²) in [6, 6.07) is 9.79. The van der Waals surface area contributed by atoms with E-state index in [0.717, 1.165) is 4.90 Å². The summed E-state index contributed by atoms with van der Waals surface area (Å²) >= 11 is 4.08. The summed E-state index contributed by atoms with van der Waals surface area (Å²) in [5.41, 5.74) is 0. The molecule has 0 spiro atoms. The van der Waals surface area contributed by atoms with Crippen molar-refractivity contribution in [1.29, 1.82) is 0 Å². The summed E-state index contributed by atoms with van der Waals surface area (Å²) < 4.78 is 0. The van der Waals surface area contributed by atoms with Crippen LogP contribution in [0.15, 0.2) is 35.2 Å². The van der Waals surface area contributed by atoms with Gasteiger partial charge in [0.1, 0.15) is 0 Å². The fourth-order valence-electron chi connectivity index (χ4n) is 0.428. The Balaban J connectivity index is 0. The minimum Gasteiger partial charge on any atom is -0.197 e. The topological polar surface area (TPSA) is 0 Å². The average Bonchev–Trinajstić information content (AvgIpc) is 1.69. The maximum Gasteiger partial charge on any atom is 0.00399 e. The van der Waals surface area contributed by atoms with Crippen LogP contribution in [-0.2, 0) is 19.5 Å². The Morgan fingerprint density at radius 1 is 1.00 bits per heavy atom. The second-order valence-corrected chi connectivity index (χ2v) is 1.85. The maximum atomic E-state index is 4.08. The molecular formula is C6H8S2Zn. The van der Waals surface area contributed by atoms with E-state index in [4.69, 9.17) is 0 Å². The van der Waals surface area contributed by atoms with Crippen LogP contribution in [0.3, 0.4) is 0 Å². The average molecular weight is 210 g/mol. The van der Waals surface area contributed by atoms with Crippen LogP contribution in [0.25, 0.3) is 0 Å². The Labute approximate surface area is 80.7 Å². The summed E-state index contributed by atoms with van der Waals surface area (Å²) in [5, 5.41) is 0. The van der Waals surface area contributed by atoms with Gasteiger partial charge in [-0.25, -0.2) is 0 Å². The molecule has 0 aliphatic heterocycles. The number of hydrogen-bond acceptors (Lipinski definition) is 1. The van der Waals surface area contributed by atoms with E-state index in [1.165, 1.54) is 0 Å². The van der Waals surface area contributed by atoms with Gasteiger partial charge in [-0.1, -0.05) is 18.2 Å². The largest absolute Gasteiger partial charge is 0.197 e. The third-order valence-corrected chi connectivity index (χ3v) is 1.05. The van der Waals surface area contributed by atoms with E-state index in [0.29, 0.717) is 0 Å². The van der Waals surface area contributed by atoms with Gasteiger partial charge in [-0.15, -0.1) is 12.6 Å². The molecule has 0 aliphatic rings. The predicted octanol–water partition coefficient (Wildman–Crippen LogP) is 2.09. The molecule has 0 bridgehead atoms. The van der Waals surface area contributed by atoms with Crippen LogP contribution in [0, 0.1) is 0 Å². The van der Waals surface area contributed by atoms with E-state index >= 15 is 0 Å². The van der Waals surface area contributed by atoms with E-state index in [2.05, 4.69) is 12.6 Å². The third-order valence-electron chi connectivity index (χ3n) is 0.756. The van der Waals surface area contributed by atoms with E-state index in [1.54, 1.807) is 0 Å². The smallest absolute Gasteiger partial charge is 0.00399 e. The number of rotatable bonds is 0. The Hall–Kier alpha value is 0.543. The second-order valence-electron chi connectivity index (χ2n) is 1.34. The molecule has 1 aromatic carbocycles. The van der Waals surface area contributed by atoms with Crippen LogP contribution in [0.5, 0.6) is 0 Å². The van der Waals surface area contributed by atoms with E-state index in [-0.39, 0.29) is 33.0 Å². The molecule has 0 atom stereocenters. The molecule has 46 valence electrons. The molecule has 0 aromatic heterocycles. The van der Waals surface area contributed by atoms with Gasteiger partial charge in [0, 0.05) is 24.4 Å². The van der Waals surface area contributed by atoms with Crippen molar-refractivity contribution in [3.63, 3.8) is 0 Å². The van der Waals surface area contributed by atoms with Gasteiger partial charge in [-0.2, -0.15) is 13.5 Å². The van der Waals surface area contributed by atoms with Gasteiger partial charge >= 0.3 is 0 Å². The summed E-state index contributed by atoms with van der Waals surface area (Å²) in [7, 11) is 0. The van der Waals surface area contributed by atoms with Crippen molar-refractivity contribution in [2.75, 3.05) is 0 Å². The Kier molecular flexibility index (Phi) is 9.06. The van der Waals surface area contributed by atoms with Crippen LogP contribution < -0.4 is 0 Å². The minimum absolute atomic E-state index is 0. The van der Waals surface area contributed by atoms with Gasteiger partial charge in [0.25, 0.3) is 0 Å². The van der Waals surface area contributed by atoms with Crippen molar-refractivity contribution >= 4 is 26.1 Å². The quantitative estimate of drug-likeness (QED) is 0.491. The zero-order valence-electron chi connectivity index (χ0n) is 5.04. The third kappa shape index (κ3) is 5.01. The molecule has 0 fully saturated rings. The van der Waals surface area contributed by atoms with Gasteiger partial charge in [-0.3, -0.25) is 0 Å². The maximum absolute atomic E-state index is 4.08. The molecule has 0 N–H and O–H groups in total. The normalized spacial score (nSPS) is 6.78. The van der Waals surface area contributed by atoms with E-state index < -0.39 is 0 Å². The first-order chi connectivity index (χ1) is 3.39. The first kappa shape index (κ1) is 12.2. The van der Waals surface area contributed by atoms with Crippen molar-refractivity contribution < 1.29 is 19.5 Å². The van der Waals surface area contributed by atoms with E-state index in [9.17, 15) is 0 Å². The zero-order valence-corrected chi connectivity index (χ0v) is 9.90. The molecule has 0 unspecified atom stereocenters.